The van der Waals surface area contributed by atoms with Gasteiger partial charge >= 0.3 is 0 Å². The Balaban J connectivity index is 1.55. The molecule has 1 aromatic carbocycles. The van der Waals surface area contributed by atoms with E-state index >= 15 is 0 Å². The first kappa shape index (κ1) is 17.2. The lowest BCUT2D eigenvalue weighted by Gasteiger charge is -2.31. The molecule has 1 saturated carbocycles. The van der Waals surface area contributed by atoms with E-state index in [1.807, 2.05) is 35.1 Å². The van der Waals surface area contributed by atoms with Crippen LogP contribution in [0.4, 0.5) is 5.69 Å². The van der Waals surface area contributed by atoms with Crippen LogP contribution in [0.3, 0.4) is 0 Å². The van der Waals surface area contributed by atoms with Gasteiger partial charge in [0.05, 0.1) is 16.2 Å². The van der Waals surface area contributed by atoms with Crippen LogP contribution in [-0.2, 0) is 17.8 Å². The first-order chi connectivity index (χ1) is 11.5. The SMILES string of the molecule is NC1(C(=O)Nc2ccc(CCn3cc(Br)cn3)cc2)CCCCC1. The maximum Gasteiger partial charge on any atom is 0.244 e. The number of aromatic nitrogens is 2. The van der Waals surface area contributed by atoms with Crippen LogP contribution in [-0.4, -0.2) is 21.2 Å². The van der Waals surface area contributed by atoms with E-state index in [1.165, 1.54) is 12.0 Å². The van der Waals surface area contributed by atoms with Crippen molar-refractivity contribution in [3.05, 3.63) is 46.7 Å². The van der Waals surface area contributed by atoms with E-state index in [2.05, 4.69) is 26.3 Å². The zero-order valence-corrected chi connectivity index (χ0v) is 15.3. The molecule has 6 heteroatoms. The van der Waals surface area contributed by atoms with Crippen molar-refractivity contribution in [1.82, 2.24) is 9.78 Å². The Labute approximate surface area is 150 Å². The molecule has 0 radical (unpaired) electrons. The molecule has 2 aromatic rings. The minimum absolute atomic E-state index is 0.0589. The molecule has 3 rings (SSSR count). The predicted octanol–water partition coefficient (Wildman–Crippen LogP) is 3.49. The van der Waals surface area contributed by atoms with E-state index in [-0.39, 0.29) is 5.91 Å². The Bertz CT molecular complexity index is 689. The number of hydrogen-bond donors (Lipinski definition) is 2. The van der Waals surface area contributed by atoms with Gasteiger partial charge in [-0.05, 0) is 52.9 Å². The molecule has 0 saturated heterocycles. The predicted molar refractivity (Wildman–Crippen MR) is 98.7 cm³/mol. The summed E-state index contributed by atoms with van der Waals surface area (Å²) >= 11 is 3.39. The van der Waals surface area contributed by atoms with Gasteiger partial charge in [0.1, 0.15) is 0 Å². The van der Waals surface area contributed by atoms with Gasteiger partial charge in [0, 0.05) is 18.4 Å². The summed E-state index contributed by atoms with van der Waals surface area (Å²) in [4.78, 5) is 12.4. The van der Waals surface area contributed by atoms with E-state index in [9.17, 15) is 4.79 Å². The molecule has 1 aliphatic carbocycles. The molecule has 128 valence electrons. The number of nitrogens with zero attached hydrogens (tertiary/aromatic N) is 2. The molecular weight excluding hydrogens is 368 g/mol. The number of nitrogens with one attached hydrogen (secondary N) is 1. The summed E-state index contributed by atoms with van der Waals surface area (Å²) in [5.41, 5.74) is 7.58. The first-order valence-electron chi connectivity index (χ1n) is 8.42. The van der Waals surface area contributed by atoms with Gasteiger partial charge in [-0.2, -0.15) is 5.10 Å². The smallest absolute Gasteiger partial charge is 0.244 e. The molecule has 1 amide bonds. The second kappa shape index (κ2) is 7.49. The molecule has 0 unspecified atom stereocenters. The molecule has 0 aliphatic heterocycles. The molecule has 5 nitrogen and oxygen atoms in total. The second-order valence-electron chi connectivity index (χ2n) is 6.54. The van der Waals surface area contributed by atoms with Crippen LogP contribution in [0.5, 0.6) is 0 Å². The summed E-state index contributed by atoms with van der Waals surface area (Å²) in [7, 11) is 0. The number of carbonyl (C=O) groups excluding carboxylic acids is 1. The number of anilines is 1. The van der Waals surface area contributed by atoms with E-state index in [0.29, 0.717) is 0 Å². The number of nitrogens with two attached hydrogens (primary N) is 1. The quantitative estimate of drug-likeness (QED) is 0.820. The Morgan fingerprint density at radius 1 is 1.25 bits per heavy atom. The van der Waals surface area contributed by atoms with E-state index < -0.39 is 5.54 Å². The topological polar surface area (TPSA) is 72.9 Å². The molecule has 1 fully saturated rings. The third kappa shape index (κ3) is 4.24. The van der Waals surface area contributed by atoms with E-state index in [4.69, 9.17) is 5.73 Å². The summed E-state index contributed by atoms with van der Waals surface area (Å²) in [6.07, 6.45) is 9.43. The van der Waals surface area contributed by atoms with Crippen molar-refractivity contribution in [3.63, 3.8) is 0 Å². The zero-order chi connectivity index (χ0) is 17.0. The average Bonchev–Trinajstić information content (AvgIpc) is 3.00. The van der Waals surface area contributed by atoms with Crippen LogP contribution in [0.15, 0.2) is 41.1 Å². The molecule has 1 aromatic heterocycles. The van der Waals surface area contributed by atoms with Gasteiger partial charge in [0.2, 0.25) is 5.91 Å². The van der Waals surface area contributed by atoms with Gasteiger partial charge in [-0.1, -0.05) is 31.4 Å². The van der Waals surface area contributed by atoms with Crippen LogP contribution in [0, 0.1) is 0 Å². The van der Waals surface area contributed by atoms with Crippen LogP contribution >= 0.6 is 15.9 Å². The highest BCUT2D eigenvalue weighted by atomic mass is 79.9. The van der Waals surface area contributed by atoms with Gasteiger partial charge in [0.25, 0.3) is 0 Å². The largest absolute Gasteiger partial charge is 0.324 e. The number of halogens is 1. The summed E-state index contributed by atoms with van der Waals surface area (Å²) in [5, 5.41) is 7.21. The number of amides is 1. The molecule has 3 N–H and O–H groups in total. The van der Waals surface area contributed by atoms with Crippen molar-refractivity contribution >= 4 is 27.5 Å². The number of aryl methyl sites for hydroxylation is 2. The van der Waals surface area contributed by atoms with Crippen LogP contribution in [0.25, 0.3) is 0 Å². The van der Waals surface area contributed by atoms with Gasteiger partial charge in [0.15, 0.2) is 0 Å². The molecule has 24 heavy (non-hydrogen) atoms. The number of hydrogen-bond acceptors (Lipinski definition) is 3. The molecule has 0 bridgehead atoms. The lowest BCUT2D eigenvalue weighted by molar-refractivity contribution is -0.122. The van der Waals surface area contributed by atoms with Crippen LogP contribution in [0.1, 0.15) is 37.7 Å². The standard InChI is InChI=1S/C18H23BrN4O/c19-15-12-21-23(13-15)11-8-14-4-6-16(7-5-14)22-17(24)18(20)9-2-1-3-10-18/h4-7,12-13H,1-3,8-11,20H2,(H,22,24). The lowest BCUT2D eigenvalue weighted by atomic mass is 9.82. The fourth-order valence-electron chi connectivity index (χ4n) is 3.12. The lowest BCUT2D eigenvalue weighted by Crippen LogP contribution is -2.52. The van der Waals surface area contributed by atoms with Crippen molar-refractivity contribution in [1.29, 1.82) is 0 Å². The number of carbonyl (C=O) groups is 1. The molecule has 0 spiro atoms. The summed E-state index contributed by atoms with van der Waals surface area (Å²) in [6, 6.07) is 7.97. The van der Waals surface area contributed by atoms with Crippen molar-refractivity contribution in [2.75, 3.05) is 5.32 Å². The highest BCUT2D eigenvalue weighted by Gasteiger charge is 2.35. The normalized spacial score (nSPS) is 16.8. The Morgan fingerprint density at radius 2 is 1.96 bits per heavy atom. The Kier molecular flexibility index (Phi) is 5.36. The summed E-state index contributed by atoms with van der Waals surface area (Å²) in [5.74, 6) is -0.0589. The van der Waals surface area contributed by atoms with Gasteiger partial charge in [-0.25, -0.2) is 0 Å². The van der Waals surface area contributed by atoms with Crippen molar-refractivity contribution < 1.29 is 4.79 Å². The molecule has 0 atom stereocenters. The van der Waals surface area contributed by atoms with Crippen LogP contribution in [0.2, 0.25) is 0 Å². The molecule has 1 aliphatic rings. The van der Waals surface area contributed by atoms with E-state index in [1.54, 1.807) is 6.20 Å². The van der Waals surface area contributed by atoms with Crippen molar-refractivity contribution in [3.8, 4) is 0 Å². The van der Waals surface area contributed by atoms with Crippen molar-refractivity contribution in [2.24, 2.45) is 5.73 Å². The zero-order valence-electron chi connectivity index (χ0n) is 13.7. The summed E-state index contributed by atoms with van der Waals surface area (Å²) in [6.45, 7) is 0.823. The maximum absolute atomic E-state index is 12.4. The third-order valence-corrected chi connectivity index (χ3v) is 5.05. The third-order valence-electron chi connectivity index (χ3n) is 4.64. The number of benzene rings is 1. The van der Waals surface area contributed by atoms with Gasteiger partial charge < -0.3 is 11.1 Å². The fourth-order valence-corrected chi connectivity index (χ4v) is 3.45. The first-order valence-corrected chi connectivity index (χ1v) is 9.22. The number of rotatable bonds is 5. The minimum atomic E-state index is -0.704. The van der Waals surface area contributed by atoms with Crippen molar-refractivity contribution in [2.45, 2.75) is 50.6 Å². The minimum Gasteiger partial charge on any atom is -0.324 e. The van der Waals surface area contributed by atoms with Crippen LogP contribution < -0.4 is 11.1 Å². The highest BCUT2D eigenvalue weighted by molar-refractivity contribution is 9.10. The average molecular weight is 391 g/mol. The van der Waals surface area contributed by atoms with E-state index in [0.717, 1.165) is 48.8 Å². The Morgan fingerprint density at radius 3 is 2.58 bits per heavy atom. The maximum atomic E-state index is 12.4. The molecular formula is C18H23BrN4O. The monoisotopic (exact) mass is 390 g/mol. The Hall–Kier alpha value is -1.66. The van der Waals surface area contributed by atoms with Gasteiger partial charge in [-0.15, -0.1) is 0 Å². The molecule has 1 heterocycles. The second-order valence-corrected chi connectivity index (χ2v) is 7.46. The summed E-state index contributed by atoms with van der Waals surface area (Å²) < 4.78 is 2.89. The van der Waals surface area contributed by atoms with Gasteiger partial charge in [-0.3, -0.25) is 9.48 Å². The highest BCUT2D eigenvalue weighted by Crippen LogP contribution is 2.27. The fraction of sp³-hybridized carbons (Fsp3) is 0.444.